The fourth-order valence-corrected chi connectivity index (χ4v) is 3.44. The molecule has 2 nitrogen and oxygen atoms in total. The third-order valence-electron chi connectivity index (χ3n) is 3.83. The third kappa shape index (κ3) is 4.44. The second kappa shape index (κ2) is 8.14. The first kappa shape index (κ1) is 16.8. The lowest BCUT2D eigenvalue weighted by Crippen LogP contribution is -2.25. The highest BCUT2D eigenvalue weighted by Gasteiger charge is 2.09. The van der Waals surface area contributed by atoms with Crippen molar-refractivity contribution in [3.05, 3.63) is 46.8 Å². The molecule has 0 aliphatic rings. The number of unbranched alkanes of at least 4 members (excludes halogenated alkanes) is 1. The van der Waals surface area contributed by atoms with Crippen molar-refractivity contribution >= 4 is 17.2 Å². The van der Waals surface area contributed by atoms with Crippen molar-refractivity contribution in [2.75, 3.05) is 0 Å². The van der Waals surface area contributed by atoms with Gasteiger partial charge in [0, 0.05) is 16.2 Å². The van der Waals surface area contributed by atoms with Crippen LogP contribution in [0.25, 0.3) is 10.4 Å². The maximum absolute atomic E-state index is 11.5. The Morgan fingerprint density at radius 2 is 1.86 bits per heavy atom. The fraction of sp³-hybridized carbons (Fsp3) is 0.421. The second-order valence-corrected chi connectivity index (χ2v) is 6.80. The van der Waals surface area contributed by atoms with Gasteiger partial charge in [0.1, 0.15) is 0 Å². The Morgan fingerprint density at radius 3 is 2.50 bits per heavy atom. The van der Waals surface area contributed by atoms with Gasteiger partial charge in [-0.15, -0.1) is 11.3 Å². The summed E-state index contributed by atoms with van der Waals surface area (Å²) in [6.45, 7) is 6.13. The predicted octanol–water partition coefficient (Wildman–Crippen LogP) is 5.34. The molecule has 3 heteroatoms. The molecule has 0 fully saturated rings. The monoisotopic (exact) mass is 315 g/mol. The van der Waals surface area contributed by atoms with E-state index in [0.29, 0.717) is 6.42 Å². The van der Waals surface area contributed by atoms with Crippen LogP contribution in [0.15, 0.2) is 36.4 Å². The van der Waals surface area contributed by atoms with Crippen LogP contribution in [0.1, 0.15) is 56.5 Å². The molecular formula is C19H25NOS. The molecule has 118 valence electrons. The Morgan fingerprint density at radius 1 is 1.14 bits per heavy atom. The van der Waals surface area contributed by atoms with E-state index >= 15 is 0 Å². The summed E-state index contributed by atoms with van der Waals surface area (Å²) in [6, 6.07) is 13.0. The number of benzene rings is 1. The van der Waals surface area contributed by atoms with Crippen LogP contribution < -0.4 is 5.32 Å². The van der Waals surface area contributed by atoms with Gasteiger partial charge in [0.2, 0.25) is 5.91 Å². The second-order valence-electron chi connectivity index (χ2n) is 5.63. The standard InChI is InChI=1S/C19H25NOS/c1-4-6-7-17-12-13-18(22-17)16-10-8-15(9-11-16)14(3)20-19(21)5-2/h8-14H,4-7H2,1-3H3,(H,20,21). The molecule has 2 aromatic rings. The van der Waals surface area contributed by atoms with E-state index in [9.17, 15) is 4.79 Å². The summed E-state index contributed by atoms with van der Waals surface area (Å²) in [5.41, 5.74) is 2.40. The van der Waals surface area contributed by atoms with Crippen molar-refractivity contribution in [3.8, 4) is 10.4 Å². The van der Waals surface area contributed by atoms with Crippen LogP contribution in [0.5, 0.6) is 0 Å². The van der Waals surface area contributed by atoms with Crippen molar-refractivity contribution in [2.24, 2.45) is 0 Å². The number of carbonyl (C=O) groups is 1. The van der Waals surface area contributed by atoms with Crippen molar-refractivity contribution in [3.63, 3.8) is 0 Å². The molecule has 0 aliphatic carbocycles. The molecule has 0 aliphatic heterocycles. The Labute approximate surface area is 137 Å². The topological polar surface area (TPSA) is 29.1 Å². The molecule has 0 bridgehead atoms. The minimum atomic E-state index is 0.0601. The van der Waals surface area contributed by atoms with Crippen LogP contribution in [0.2, 0.25) is 0 Å². The lowest BCUT2D eigenvalue weighted by atomic mass is 10.1. The van der Waals surface area contributed by atoms with Gasteiger partial charge in [-0.05, 0) is 43.0 Å². The Hall–Kier alpha value is -1.61. The molecular weight excluding hydrogens is 290 g/mol. The summed E-state index contributed by atoms with van der Waals surface area (Å²) in [7, 11) is 0. The van der Waals surface area contributed by atoms with Crippen molar-refractivity contribution in [1.82, 2.24) is 5.32 Å². The van der Waals surface area contributed by atoms with Gasteiger partial charge in [-0.25, -0.2) is 0 Å². The molecule has 0 saturated heterocycles. The summed E-state index contributed by atoms with van der Waals surface area (Å²) in [5.74, 6) is 0.0930. The fourth-order valence-electron chi connectivity index (χ4n) is 2.38. The van der Waals surface area contributed by atoms with E-state index in [1.165, 1.54) is 34.6 Å². The highest BCUT2D eigenvalue weighted by molar-refractivity contribution is 7.15. The Bertz CT molecular complexity index is 600. The molecule has 1 amide bonds. The maximum Gasteiger partial charge on any atom is 0.220 e. The largest absolute Gasteiger partial charge is 0.350 e. The number of carbonyl (C=O) groups excluding carboxylic acids is 1. The number of hydrogen-bond donors (Lipinski definition) is 1. The smallest absolute Gasteiger partial charge is 0.220 e. The van der Waals surface area contributed by atoms with Gasteiger partial charge in [-0.3, -0.25) is 4.79 Å². The van der Waals surface area contributed by atoms with Crippen molar-refractivity contribution in [1.29, 1.82) is 0 Å². The zero-order valence-corrected chi connectivity index (χ0v) is 14.5. The highest BCUT2D eigenvalue weighted by Crippen LogP contribution is 2.29. The lowest BCUT2D eigenvalue weighted by molar-refractivity contribution is -0.121. The predicted molar refractivity (Wildman–Crippen MR) is 95.2 cm³/mol. The van der Waals surface area contributed by atoms with Crippen LogP contribution in [0.4, 0.5) is 0 Å². The Balaban J connectivity index is 2.05. The summed E-state index contributed by atoms with van der Waals surface area (Å²) >= 11 is 1.88. The average Bonchev–Trinajstić information content (AvgIpc) is 3.01. The summed E-state index contributed by atoms with van der Waals surface area (Å²) in [4.78, 5) is 14.2. The normalized spacial score (nSPS) is 12.1. The first-order chi connectivity index (χ1) is 10.6. The number of nitrogens with one attached hydrogen (secondary N) is 1. The molecule has 0 spiro atoms. The SMILES string of the molecule is CCCCc1ccc(-c2ccc(C(C)NC(=O)CC)cc2)s1. The molecule has 1 aromatic carbocycles. The molecule has 0 saturated carbocycles. The first-order valence-electron chi connectivity index (χ1n) is 8.12. The summed E-state index contributed by atoms with van der Waals surface area (Å²) < 4.78 is 0. The van der Waals surface area contributed by atoms with Crippen LogP contribution in [-0.4, -0.2) is 5.91 Å². The van der Waals surface area contributed by atoms with E-state index in [2.05, 4.69) is 48.6 Å². The maximum atomic E-state index is 11.5. The Kier molecular flexibility index (Phi) is 6.20. The molecule has 1 aromatic heterocycles. The van der Waals surface area contributed by atoms with Crippen LogP contribution >= 0.6 is 11.3 Å². The minimum Gasteiger partial charge on any atom is -0.350 e. The van der Waals surface area contributed by atoms with E-state index in [0.717, 1.165) is 5.56 Å². The van der Waals surface area contributed by atoms with E-state index in [-0.39, 0.29) is 11.9 Å². The number of amides is 1. The lowest BCUT2D eigenvalue weighted by Gasteiger charge is -2.14. The highest BCUT2D eigenvalue weighted by atomic mass is 32.1. The zero-order valence-electron chi connectivity index (χ0n) is 13.7. The number of thiophene rings is 1. The van der Waals surface area contributed by atoms with Gasteiger partial charge in [0.15, 0.2) is 0 Å². The minimum absolute atomic E-state index is 0.0601. The van der Waals surface area contributed by atoms with Crippen molar-refractivity contribution in [2.45, 2.75) is 52.5 Å². The molecule has 0 radical (unpaired) electrons. The van der Waals surface area contributed by atoms with Gasteiger partial charge in [0.25, 0.3) is 0 Å². The van der Waals surface area contributed by atoms with E-state index < -0.39 is 0 Å². The number of aryl methyl sites for hydroxylation is 1. The van der Waals surface area contributed by atoms with Gasteiger partial charge in [-0.1, -0.05) is 44.5 Å². The first-order valence-corrected chi connectivity index (χ1v) is 8.94. The van der Waals surface area contributed by atoms with Crippen LogP contribution in [-0.2, 0) is 11.2 Å². The quantitative estimate of drug-likeness (QED) is 0.733. The molecule has 2 rings (SSSR count). The van der Waals surface area contributed by atoms with E-state index in [1.54, 1.807) is 0 Å². The van der Waals surface area contributed by atoms with Crippen LogP contribution in [0, 0.1) is 0 Å². The molecule has 22 heavy (non-hydrogen) atoms. The van der Waals surface area contributed by atoms with Gasteiger partial charge >= 0.3 is 0 Å². The summed E-state index contributed by atoms with van der Waals surface area (Å²) in [6.07, 6.45) is 4.20. The number of hydrogen-bond acceptors (Lipinski definition) is 2. The summed E-state index contributed by atoms with van der Waals surface area (Å²) in [5, 5.41) is 3.00. The van der Waals surface area contributed by atoms with Gasteiger partial charge < -0.3 is 5.32 Å². The van der Waals surface area contributed by atoms with Gasteiger partial charge in [0.05, 0.1) is 6.04 Å². The molecule has 1 heterocycles. The van der Waals surface area contributed by atoms with Gasteiger partial charge in [-0.2, -0.15) is 0 Å². The molecule has 1 N–H and O–H groups in total. The molecule has 1 atom stereocenters. The zero-order chi connectivity index (χ0) is 15.9. The number of rotatable bonds is 7. The van der Waals surface area contributed by atoms with Crippen LogP contribution in [0.3, 0.4) is 0 Å². The average molecular weight is 315 g/mol. The molecule has 1 unspecified atom stereocenters. The van der Waals surface area contributed by atoms with Crippen molar-refractivity contribution < 1.29 is 4.79 Å². The third-order valence-corrected chi connectivity index (χ3v) is 5.03. The van der Waals surface area contributed by atoms with E-state index in [1.807, 2.05) is 25.2 Å². The van der Waals surface area contributed by atoms with E-state index in [4.69, 9.17) is 0 Å².